The Labute approximate surface area is 128 Å². The molecular formula is C15H13ClO4S. The molecule has 110 valence electrons. The van der Waals surface area contributed by atoms with Gasteiger partial charge in [-0.15, -0.1) is 11.6 Å². The second-order valence-electron chi connectivity index (χ2n) is 4.40. The molecule has 0 amide bonds. The lowest BCUT2D eigenvalue weighted by Crippen LogP contribution is -2.01. The van der Waals surface area contributed by atoms with Crippen LogP contribution in [0.2, 0.25) is 0 Å². The van der Waals surface area contributed by atoms with Crippen LogP contribution in [-0.4, -0.2) is 26.3 Å². The topological polar surface area (TPSA) is 60.4 Å². The van der Waals surface area contributed by atoms with Crippen molar-refractivity contribution in [2.75, 3.05) is 12.1 Å². The summed E-state index contributed by atoms with van der Waals surface area (Å²) in [5, 5.41) is 0. The maximum Gasteiger partial charge on any atom is 0.179 e. The van der Waals surface area contributed by atoms with Crippen molar-refractivity contribution < 1.29 is 17.9 Å². The van der Waals surface area contributed by atoms with E-state index in [1.807, 2.05) is 0 Å². The number of alkyl halides is 1. The van der Waals surface area contributed by atoms with Crippen molar-refractivity contribution in [3.05, 3.63) is 54.1 Å². The number of sulfone groups is 1. The highest BCUT2D eigenvalue weighted by molar-refractivity contribution is 7.90. The van der Waals surface area contributed by atoms with Crippen molar-refractivity contribution in [2.24, 2.45) is 0 Å². The zero-order valence-corrected chi connectivity index (χ0v) is 12.8. The van der Waals surface area contributed by atoms with E-state index in [4.69, 9.17) is 16.3 Å². The lowest BCUT2D eigenvalue weighted by atomic mass is 10.1. The third-order valence-corrected chi connectivity index (χ3v) is 4.15. The molecule has 2 rings (SSSR count). The van der Waals surface area contributed by atoms with Crippen LogP contribution < -0.4 is 4.74 Å². The first-order valence-electron chi connectivity index (χ1n) is 6.08. The first kappa shape index (κ1) is 15.5. The van der Waals surface area contributed by atoms with E-state index in [1.54, 1.807) is 42.5 Å². The lowest BCUT2D eigenvalue weighted by Gasteiger charge is -2.10. The Morgan fingerprint density at radius 1 is 1.10 bits per heavy atom. The minimum absolute atomic E-state index is 0.0862. The third-order valence-electron chi connectivity index (χ3n) is 2.77. The van der Waals surface area contributed by atoms with Gasteiger partial charge < -0.3 is 4.74 Å². The quantitative estimate of drug-likeness (QED) is 0.625. The molecule has 0 unspecified atom stereocenters. The predicted molar refractivity (Wildman–Crippen MR) is 81.1 cm³/mol. The molecule has 0 fully saturated rings. The number of Topliss-reactive ketones (excluding diaryl/α,β-unsaturated/α-hetero) is 1. The standard InChI is InChI=1S/C15H13ClO4S/c1-21(18,19)15-5-3-2-4-14(15)20-12-8-6-11(7-9-12)13(17)10-16/h2-9H,10H2,1H3. The molecule has 0 saturated carbocycles. The maximum absolute atomic E-state index is 11.7. The van der Waals surface area contributed by atoms with Gasteiger partial charge in [-0.1, -0.05) is 12.1 Å². The Balaban J connectivity index is 2.29. The minimum atomic E-state index is -3.38. The Bertz CT molecular complexity index is 751. The van der Waals surface area contributed by atoms with E-state index in [2.05, 4.69) is 0 Å². The van der Waals surface area contributed by atoms with Crippen LogP contribution in [0.15, 0.2) is 53.4 Å². The molecule has 0 bridgehead atoms. The summed E-state index contributed by atoms with van der Waals surface area (Å²) >= 11 is 5.48. The van der Waals surface area contributed by atoms with Crippen LogP contribution in [0, 0.1) is 0 Å². The zero-order chi connectivity index (χ0) is 15.5. The van der Waals surface area contributed by atoms with Crippen molar-refractivity contribution in [2.45, 2.75) is 4.90 Å². The number of para-hydroxylation sites is 1. The Hall–Kier alpha value is -1.85. The summed E-state index contributed by atoms with van der Waals surface area (Å²) in [4.78, 5) is 11.5. The number of carbonyl (C=O) groups excluding carboxylic acids is 1. The van der Waals surface area contributed by atoms with Crippen LogP contribution in [0.5, 0.6) is 11.5 Å². The van der Waals surface area contributed by atoms with Gasteiger partial charge in [-0.3, -0.25) is 4.79 Å². The predicted octanol–water partition coefficient (Wildman–Crippen LogP) is 3.30. The summed E-state index contributed by atoms with van der Waals surface area (Å²) in [6, 6.07) is 12.7. The molecular weight excluding hydrogens is 312 g/mol. The highest BCUT2D eigenvalue weighted by Crippen LogP contribution is 2.28. The molecule has 0 radical (unpaired) electrons. The second kappa shape index (κ2) is 6.28. The van der Waals surface area contributed by atoms with Crippen molar-refractivity contribution in [3.63, 3.8) is 0 Å². The van der Waals surface area contributed by atoms with Gasteiger partial charge in [0.1, 0.15) is 16.4 Å². The number of benzene rings is 2. The van der Waals surface area contributed by atoms with Crippen molar-refractivity contribution in [3.8, 4) is 11.5 Å². The van der Waals surface area contributed by atoms with Crippen molar-refractivity contribution in [1.29, 1.82) is 0 Å². The Kier molecular flexibility index (Phi) is 4.65. The molecule has 2 aromatic rings. The summed E-state index contributed by atoms with van der Waals surface area (Å²) in [7, 11) is -3.38. The van der Waals surface area contributed by atoms with Crippen molar-refractivity contribution >= 4 is 27.2 Å². The third kappa shape index (κ3) is 3.83. The monoisotopic (exact) mass is 324 g/mol. The van der Waals surface area contributed by atoms with Crippen molar-refractivity contribution in [1.82, 2.24) is 0 Å². The summed E-state index contributed by atoms with van der Waals surface area (Å²) < 4.78 is 29.0. The fraction of sp³-hybridized carbons (Fsp3) is 0.133. The van der Waals surface area contributed by atoms with Crippen LogP contribution in [0.25, 0.3) is 0 Å². The first-order valence-corrected chi connectivity index (χ1v) is 8.50. The minimum Gasteiger partial charge on any atom is -0.456 e. The molecule has 0 aromatic heterocycles. The average Bonchev–Trinajstić information content (AvgIpc) is 2.47. The van der Waals surface area contributed by atoms with Gasteiger partial charge in [0, 0.05) is 11.8 Å². The van der Waals surface area contributed by atoms with Crippen LogP contribution >= 0.6 is 11.6 Å². The molecule has 0 heterocycles. The van der Waals surface area contributed by atoms with Crippen LogP contribution in [0.3, 0.4) is 0 Å². The molecule has 6 heteroatoms. The number of halogens is 1. The molecule has 0 atom stereocenters. The number of hydrogen-bond donors (Lipinski definition) is 0. The number of hydrogen-bond acceptors (Lipinski definition) is 4. The number of carbonyl (C=O) groups is 1. The Morgan fingerprint density at radius 3 is 2.29 bits per heavy atom. The van der Waals surface area contributed by atoms with E-state index < -0.39 is 9.84 Å². The van der Waals surface area contributed by atoms with Crippen LogP contribution in [-0.2, 0) is 9.84 Å². The van der Waals surface area contributed by atoms with Gasteiger partial charge in [0.15, 0.2) is 15.6 Å². The largest absolute Gasteiger partial charge is 0.456 e. The summed E-state index contributed by atoms with van der Waals surface area (Å²) in [5.41, 5.74) is 0.480. The van der Waals surface area contributed by atoms with Gasteiger partial charge in [-0.2, -0.15) is 0 Å². The molecule has 0 saturated heterocycles. The number of ketones is 1. The Morgan fingerprint density at radius 2 is 1.71 bits per heavy atom. The van der Waals surface area contributed by atoms with Gasteiger partial charge >= 0.3 is 0 Å². The average molecular weight is 325 g/mol. The summed E-state index contributed by atoms with van der Waals surface area (Å²) in [6.45, 7) is 0. The molecule has 0 spiro atoms. The molecule has 0 N–H and O–H groups in total. The van der Waals surface area contributed by atoms with E-state index >= 15 is 0 Å². The number of rotatable bonds is 5. The van der Waals surface area contributed by atoms with E-state index in [0.29, 0.717) is 11.3 Å². The zero-order valence-electron chi connectivity index (χ0n) is 11.2. The smallest absolute Gasteiger partial charge is 0.179 e. The van der Waals surface area contributed by atoms with Gasteiger partial charge in [-0.05, 0) is 36.4 Å². The molecule has 0 aliphatic carbocycles. The van der Waals surface area contributed by atoms with Crippen LogP contribution in [0.4, 0.5) is 0 Å². The maximum atomic E-state index is 11.7. The lowest BCUT2D eigenvalue weighted by molar-refractivity contribution is 0.102. The molecule has 4 nitrogen and oxygen atoms in total. The SMILES string of the molecule is CS(=O)(=O)c1ccccc1Oc1ccc(C(=O)CCl)cc1. The number of ether oxygens (including phenoxy) is 1. The molecule has 2 aromatic carbocycles. The summed E-state index contributed by atoms with van der Waals surface area (Å²) in [6.07, 6.45) is 1.12. The molecule has 21 heavy (non-hydrogen) atoms. The summed E-state index contributed by atoms with van der Waals surface area (Å²) in [5.74, 6) is 0.422. The van der Waals surface area contributed by atoms with E-state index in [-0.39, 0.29) is 22.3 Å². The van der Waals surface area contributed by atoms with E-state index in [9.17, 15) is 13.2 Å². The van der Waals surface area contributed by atoms with E-state index in [1.165, 1.54) is 6.07 Å². The molecule has 0 aliphatic heterocycles. The van der Waals surface area contributed by atoms with E-state index in [0.717, 1.165) is 6.26 Å². The fourth-order valence-corrected chi connectivity index (χ4v) is 2.71. The van der Waals surface area contributed by atoms with Crippen LogP contribution in [0.1, 0.15) is 10.4 Å². The second-order valence-corrected chi connectivity index (χ2v) is 6.65. The molecule has 0 aliphatic rings. The highest BCUT2D eigenvalue weighted by atomic mass is 35.5. The normalized spacial score (nSPS) is 11.1. The van der Waals surface area contributed by atoms with Gasteiger partial charge in [0.25, 0.3) is 0 Å². The highest BCUT2D eigenvalue weighted by Gasteiger charge is 2.14. The van der Waals surface area contributed by atoms with Gasteiger partial charge in [0.2, 0.25) is 0 Å². The fourth-order valence-electron chi connectivity index (χ4n) is 1.75. The van der Waals surface area contributed by atoms with Gasteiger partial charge in [-0.25, -0.2) is 8.42 Å². The van der Waals surface area contributed by atoms with Gasteiger partial charge in [0.05, 0.1) is 5.88 Å². The first-order chi connectivity index (χ1) is 9.91.